The summed E-state index contributed by atoms with van der Waals surface area (Å²) in [6, 6.07) is 12.0. The molecular weight excluding hydrogens is 290 g/mol. The number of carbonyl (C=O) groups is 1. The summed E-state index contributed by atoms with van der Waals surface area (Å²) in [5.74, 6) is 1.32. The van der Waals surface area contributed by atoms with Crippen LogP contribution in [0.2, 0.25) is 0 Å². The Labute approximate surface area is 136 Å². The van der Waals surface area contributed by atoms with E-state index >= 15 is 0 Å². The maximum Gasteiger partial charge on any atom is 0.254 e. The topological polar surface area (TPSA) is 38.8 Å². The van der Waals surface area contributed by atoms with E-state index in [4.69, 9.17) is 9.47 Å². The predicted octanol–water partition coefficient (Wildman–Crippen LogP) is 3.21. The highest BCUT2D eigenvalue weighted by molar-refractivity contribution is 5.97. The number of benzene rings is 2. The number of hydrogen-bond donors (Lipinski definition) is 0. The molecule has 0 N–H and O–H groups in total. The van der Waals surface area contributed by atoms with Gasteiger partial charge in [0.15, 0.2) is 11.5 Å². The Kier molecular flexibility index (Phi) is 4.24. The van der Waals surface area contributed by atoms with Crippen LogP contribution in [-0.4, -0.2) is 31.6 Å². The van der Waals surface area contributed by atoms with Gasteiger partial charge in [-0.25, -0.2) is 0 Å². The molecule has 1 aliphatic rings. The first-order valence-corrected chi connectivity index (χ1v) is 7.72. The van der Waals surface area contributed by atoms with Crippen LogP contribution in [-0.2, 0) is 13.0 Å². The number of rotatable bonds is 4. The number of fused-ring (bicyclic) bond motifs is 1. The van der Waals surface area contributed by atoms with Crippen molar-refractivity contribution >= 4 is 5.91 Å². The van der Waals surface area contributed by atoms with Crippen LogP contribution in [0.25, 0.3) is 0 Å². The van der Waals surface area contributed by atoms with Crippen LogP contribution in [0.4, 0.5) is 0 Å². The summed E-state index contributed by atoms with van der Waals surface area (Å²) in [7, 11) is 3.19. The Hall–Kier alpha value is -2.49. The van der Waals surface area contributed by atoms with Crippen molar-refractivity contribution in [1.82, 2.24) is 4.90 Å². The van der Waals surface area contributed by atoms with Crippen molar-refractivity contribution in [3.8, 4) is 11.5 Å². The van der Waals surface area contributed by atoms with Crippen molar-refractivity contribution in [3.05, 3.63) is 58.7 Å². The minimum absolute atomic E-state index is 0.0489. The van der Waals surface area contributed by atoms with Crippen LogP contribution in [0.15, 0.2) is 36.4 Å². The standard InChI is InChI=1S/C19H21NO3/c1-13-4-6-14(7-5-13)12-20-9-8-15-10-17(22-2)18(23-3)11-16(15)19(20)21/h4-7,10-11H,8-9,12H2,1-3H3. The fourth-order valence-electron chi connectivity index (χ4n) is 2.92. The van der Waals surface area contributed by atoms with Gasteiger partial charge < -0.3 is 14.4 Å². The van der Waals surface area contributed by atoms with Gasteiger partial charge >= 0.3 is 0 Å². The van der Waals surface area contributed by atoms with Crippen molar-refractivity contribution in [2.45, 2.75) is 19.9 Å². The van der Waals surface area contributed by atoms with Crippen LogP contribution >= 0.6 is 0 Å². The van der Waals surface area contributed by atoms with E-state index in [1.165, 1.54) is 5.56 Å². The number of aryl methyl sites for hydroxylation is 1. The van der Waals surface area contributed by atoms with Gasteiger partial charge in [-0.15, -0.1) is 0 Å². The lowest BCUT2D eigenvalue weighted by Gasteiger charge is -2.29. The van der Waals surface area contributed by atoms with Gasteiger partial charge in [-0.1, -0.05) is 29.8 Å². The molecule has 0 fully saturated rings. The molecular formula is C19H21NO3. The highest BCUT2D eigenvalue weighted by atomic mass is 16.5. The largest absolute Gasteiger partial charge is 0.493 e. The highest BCUT2D eigenvalue weighted by Gasteiger charge is 2.26. The average molecular weight is 311 g/mol. The van der Waals surface area contributed by atoms with Crippen LogP contribution in [0.1, 0.15) is 27.0 Å². The number of hydrogen-bond acceptors (Lipinski definition) is 3. The summed E-state index contributed by atoms with van der Waals surface area (Å²) in [5.41, 5.74) is 4.10. The lowest BCUT2D eigenvalue weighted by Crippen LogP contribution is -2.37. The summed E-state index contributed by atoms with van der Waals surface area (Å²) in [6.07, 6.45) is 0.827. The van der Waals surface area contributed by atoms with Crippen molar-refractivity contribution in [3.63, 3.8) is 0 Å². The molecule has 2 aromatic rings. The Morgan fingerprint density at radius 2 is 1.70 bits per heavy atom. The summed E-state index contributed by atoms with van der Waals surface area (Å²) in [5, 5.41) is 0. The molecule has 0 atom stereocenters. The zero-order valence-electron chi connectivity index (χ0n) is 13.8. The monoisotopic (exact) mass is 311 g/mol. The van der Waals surface area contributed by atoms with Gasteiger partial charge in [0.1, 0.15) is 0 Å². The molecule has 1 heterocycles. The molecule has 0 unspecified atom stereocenters. The molecule has 0 aromatic heterocycles. The van der Waals surface area contributed by atoms with E-state index in [0.717, 1.165) is 24.1 Å². The number of nitrogens with zero attached hydrogens (tertiary/aromatic N) is 1. The maximum atomic E-state index is 12.8. The zero-order valence-corrected chi connectivity index (χ0v) is 13.8. The van der Waals surface area contributed by atoms with Gasteiger partial charge in [0, 0.05) is 18.7 Å². The zero-order chi connectivity index (χ0) is 16.4. The van der Waals surface area contributed by atoms with E-state index in [2.05, 4.69) is 31.2 Å². The molecule has 120 valence electrons. The summed E-state index contributed by atoms with van der Waals surface area (Å²) in [6.45, 7) is 3.41. The van der Waals surface area contributed by atoms with Gasteiger partial charge in [0.2, 0.25) is 0 Å². The molecule has 0 saturated carbocycles. The number of ether oxygens (including phenoxy) is 2. The Bertz CT molecular complexity index is 722. The molecule has 1 aliphatic heterocycles. The molecule has 3 rings (SSSR count). The molecule has 0 saturated heterocycles. The number of amides is 1. The van der Waals surface area contributed by atoms with E-state index in [1.807, 2.05) is 11.0 Å². The predicted molar refractivity (Wildman–Crippen MR) is 89.2 cm³/mol. The molecule has 0 aliphatic carbocycles. The molecule has 0 spiro atoms. The third-order valence-corrected chi connectivity index (χ3v) is 4.27. The van der Waals surface area contributed by atoms with Crippen molar-refractivity contribution < 1.29 is 14.3 Å². The summed E-state index contributed by atoms with van der Waals surface area (Å²) in [4.78, 5) is 14.7. The molecule has 0 bridgehead atoms. The van der Waals surface area contributed by atoms with Gasteiger partial charge in [0.25, 0.3) is 5.91 Å². The minimum atomic E-state index is 0.0489. The molecule has 0 radical (unpaired) electrons. The minimum Gasteiger partial charge on any atom is -0.493 e. The molecule has 2 aromatic carbocycles. The van der Waals surface area contributed by atoms with Crippen LogP contribution in [0.5, 0.6) is 11.5 Å². The van der Waals surface area contributed by atoms with E-state index in [1.54, 1.807) is 20.3 Å². The highest BCUT2D eigenvalue weighted by Crippen LogP contribution is 2.33. The van der Waals surface area contributed by atoms with Crippen molar-refractivity contribution in [1.29, 1.82) is 0 Å². The van der Waals surface area contributed by atoms with Gasteiger partial charge in [0.05, 0.1) is 14.2 Å². The number of carbonyl (C=O) groups excluding carboxylic acids is 1. The van der Waals surface area contributed by atoms with Crippen molar-refractivity contribution in [2.24, 2.45) is 0 Å². The maximum absolute atomic E-state index is 12.8. The first-order chi connectivity index (χ1) is 11.1. The normalized spacial score (nSPS) is 13.7. The van der Waals surface area contributed by atoms with Crippen molar-refractivity contribution in [2.75, 3.05) is 20.8 Å². The summed E-state index contributed by atoms with van der Waals surface area (Å²) >= 11 is 0. The Morgan fingerprint density at radius 1 is 1.04 bits per heavy atom. The quantitative estimate of drug-likeness (QED) is 0.870. The smallest absolute Gasteiger partial charge is 0.254 e. The lowest BCUT2D eigenvalue weighted by molar-refractivity contribution is 0.0726. The van der Waals surface area contributed by atoms with E-state index in [9.17, 15) is 4.79 Å². The van der Waals surface area contributed by atoms with E-state index in [-0.39, 0.29) is 5.91 Å². The Morgan fingerprint density at radius 3 is 2.35 bits per heavy atom. The third-order valence-electron chi connectivity index (χ3n) is 4.27. The first-order valence-electron chi connectivity index (χ1n) is 7.72. The molecule has 23 heavy (non-hydrogen) atoms. The van der Waals surface area contributed by atoms with Gasteiger partial charge in [-0.2, -0.15) is 0 Å². The van der Waals surface area contributed by atoms with Gasteiger partial charge in [-0.3, -0.25) is 4.79 Å². The van der Waals surface area contributed by atoms with E-state index in [0.29, 0.717) is 23.6 Å². The van der Waals surface area contributed by atoms with E-state index < -0.39 is 0 Å². The first kappa shape index (κ1) is 15.4. The SMILES string of the molecule is COc1cc2c(cc1OC)C(=O)N(Cc1ccc(C)cc1)CC2. The molecule has 4 heteroatoms. The second-order valence-corrected chi connectivity index (χ2v) is 5.83. The van der Waals surface area contributed by atoms with Crippen LogP contribution in [0, 0.1) is 6.92 Å². The van der Waals surface area contributed by atoms with Crippen LogP contribution < -0.4 is 9.47 Å². The van der Waals surface area contributed by atoms with Gasteiger partial charge in [-0.05, 0) is 36.6 Å². The van der Waals surface area contributed by atoms with Crippen LogP contribution in [0.3, 0.4) is 0 Å². The average Bonchev–Trinajstić information content (AvgIpc) is 2.58. The fourth-order valence-corrected chi connectivity index (χ4v) is 2.92. The fraction of sp³-hybridized carbons (Fsp3) is 0.316. The second-order valence-electron chi connectivity index (χ2n) is 5.83. The summed E-state index contributed by atoms with van der Waals surface area (Å²) < 4.78 is 10.6. The molecule has 1 amide bonds. The molecule has 4 nitrogen and oxygen atoms in total. The second kappa shape index (κ2) is 6.32. The Balaban J connectivity index is 1.86. The lowest BCUT2D eigenvalue weighted by atomic mass is 9.97. The third kappa shape index (κ3) is 3.02. The number of methoxy groups -OCH3 is 2.